The molecule has 9 nitrogen and oxygen atoms in total. The van der Waals surface area contributed by atoms with E-state index in [2.05, 4.69) is 15.2 Å². The number of amides is 1. The van der Waals surface area contributed by atoms with Crippen molar-refractivity contribution >= 4 is 34.2 Å². The highest BCUT2D eigenvalue weighted by Gasteiger charge is 2.38. The number of carboxylic acids is 1. The van der Waals surface area contributed by atoms with Gasteiger partial charge in [0.2, 0.25) is 5.91 Å². The summed E-state index contributed by atoms with van der Waals surface area (Å²) in [6, 6.07) is 9.66. The Morgan fingerprint density at radius 1 is 1.12 bits per heavy atom. The van der Waals surface area contributed by atoms with Gasteiger partial charge in [-0.1, -0.05) is 44.5 Å². The number of hydrogen-bond acceptors (Lipinski definition) is 6. The first-order valence-electron chi connectivity index (χ1n) is 13.1. The Morgan fingerprint density at radius 2 is 1.78 bits per heavy atom. The Morgan fingerprint density at radius 3 is 2.39 bits per heavy atom. The van der Waals surface area contributed by atoms with E-state index < -0.39 is 17.6 Å². The van der Waals surface area contributed by atoms with Gasteiger partial charge in [-0.15, -0.1) is 0 Å². The first-order chi connectivity index (χ1) is 19.2. The first kappa shape index (κ1) is 32.0. The van der Waals surface area contributed by atoms with Gasteiger partial charge in [0.25, 0.3) is 5.56 Å². The normalized spacial score (nSPS) is 15.8. The summed E-state index contributed by atoms with van der Waals surface area (Å²) in [6.07, 6.45) is 0.954. The number of halogens is 4. The van der Waals surface area contributed by atoms with Crippen LogP contribution in [0.3, 0.4) is 0 Å². The van der Waals surface area contributed by atoms with Gasteiger partial charge in [-0.25, -0.2) is 9.48 Å². The lowest BCUT2D eigenvalue weighted by Gasteiger charge is -2.26. The summed E-state index contributed by atoms with van der Waals surface area (Å²) in [7, 11) is 0. The number of carboxylic acid groups (broad SMARTS) is 1. The molecular formula is C28H33ClF3N5O4. The number of hydrogen-bond donors (Lipinski definition) is 2. The van der Waals surface area contributed by atoms with E-state index in [1.54, 1.807) is 23.1 Å². The van der Waals surface area contributed by atoms with Gasteiger partial charge in [0.05, 0.1) is 17.6 Å². The fourth-order valence-electron chi connectivity index (χ4n) is 4.42. The largest absolute Gasteiger partial charge is 0.490 e. The molecule has 1 saturated heterocycles. The van der Waals surface area contributed by atoms with Crippen LogP contribution in [0, 0.1) is 5.41 Å². The third-order valence-corrected chi connectivity index (χ3v) is 6.87. The zero-order valence-corrected chi connectivity index (χ0v) is 23.8. The van der Waals surface area contributed by atoms with Gasteiger partial charge in [-0.05, 0) is 43.1 Å². The van der Waals surface area contributed by atoms with Crippen molar-refractivity contribution < 1.29 is 27.9 Å². The van der Waals surface area contributed by atoms with Crippen LogP contribution in [-0.4, -0.2) is 68.5 Å². The molecule has 13 heteroatoms. The van der Waals surface area contributed by atoms with E-state index in [1.807, 2.05) is 45.0 Å². The number of pyridine rings is 1. The average Bonchev–Trinajstić information content (AvgIpc) is 3.34. The Kier molecular flexibility index (Phi) is 10.5. The summed E-state index contributed by atoms with van der Waals surface area (Å²) in [5, 5.41) is 17.1. The zero-order chi connectivity index (χ0) is 30.4. The lowest BCUT2D eigenvalue weighted by atomic mass is 9.96. The van der Waals surface area contributed by atoms with E-state index in [0.717, 1.165) is 42.6 Å². The van der Waals surface area contributed by atoms with Crippen LogP contribution in [0.2, 0.25) is 5.02 Å². The van der Waals surface area contributed by atoms with E-state index >= 15 is 0 Å². The van der Waals surface area contributed by atoms with Gasteiger partial charge in [-0.3, -0.25) is 19.5 Å². The summed E-state index contributed by atoms with van der Waals surface area (Å²) >= 11 is 6.04. The average molecular weight is 596 g/mol. The first-order valence-corrected chi connectivity index (χ1v) is 13.4. The van der Waals surface area contributed by atoms with E-state index in [1.165, 1.54) is 0 Å². The molecule has 1 aliphatic heterocycles. The maximum atomic E-state index is 13.3. The summed E-state index contributed by atoms with van der Waals surface area (Å²) in [6.45, 7) is 8.58. The number of carbonyl (C=O) groups is 2. The summed E-state index contributed by atoms with van der Waals surface area (Å²) in [5.41, 5.74) is 1.41. The Balaban J connectivity index is 0.000000587. The molecule has 1 aromatic carbocycles. The Bertz CT molecular complexity index is 1420. The van der Waals surface area contributed by atoms with Crippen molar-refractivity contribution in [1.82, 2.24) is 25.0 Å². The van der Waals surface area contributed by atoms with Gasteiger partial charge in [0, 0.05) is 53.8 Å². The van der Waals surface area contributed by atoms with Crippen molar-refractivity contribution in [2.45, 2.75) is 58.8 Å². The number of alkyl halides is 3. The van der Waals surface area contributed by atoms with E-state index in [-0.39, 0.29) is 17.5 Å². The van der Waals surface area contributed by atoms with Crippen molar-refractivity contribution in [3.8, 4) is 0 Å². The van der Waals surface area contributed by atoms with Crippen LogP contribution >= 0.6 is 11.6 Å². The predicted molar refractivity (Wildman–Crippen MR) is 149 cm³/mol. The number of aliphatic carboxylic acids is 1. The Labute approximate surface area is 240 Å². The van der Waals surface area contributed by atoms with Crippen molar-refractivity contribution in [2.24, 2.45) is 5.41 Å². The molecule has 41 heavy (non-hydrogen) atoms. The van der Waals surface area contributed by atoms with Crippen LogP contribution in [0.5, 0.6) is 0 Å². The fourth-order valence-corrected chi connectivity index (χ4v) is 4.54. The van der Waals surface area contributed by atoms with E-state index in [0.29, 0.717) is 29.9 Å². The molecule has 4 rings (SSSR count). The van der Waals surface area contributed by atoms with Crippen molar-refractivity contribution in [3.63, 3.8) is 0 Å². The third-order valence-electron chi connectivity index (χ3n) is 6.61. The number of benzene rings is 1. The van der Waals surface area contributed by atoms with Crippen molar-refractivity contribution in [2.75, 3.05) is 19.6 Å². The van der Waals surface area contributed by atoms with Gasteiger partial charge in [0.15, 0.2) is 0 Å². The number of nitrogens with one attached hydrogen (secondary N) is 1. The number of fused-ring (bicyclic) bond motifs is 1. The summed E-state index contributed by atoms with van der Waals surface area (Å²) in [4.78, 5) is 40.9. The quantitative estimate of drug-likeness (QED) is 0.418. The second-order valence-corrected chi connectivity index (χ2v) is 11.2. The minimum Gasteiger partial charge on any atom is -0.475 e. The van der Waals surface area contributed by atoms with Gasteiger partial charge >= 0.3 is 12.1 Å². The number of aromatic nitrogens is 3. The number of rotatable bonds is 7. The summed E-state index contributed by atoms with van der Waals surface area (Å²) < 4.78 is 33.4. The van der Waals surface area contributed by atoms with Crippen LogP contribution in [0.1, 0.15) is 44.9 Å². The standard InChI is InChI=1S/C26H32ClN5O2.C2HF3O2/c1-26(2,3)25(34)29-12-14-31-13-4-5-20(31)17-32-24(33)21-10-11-28-16-22(21)23(30-32)15-18-6-8-19(27)9-7-18;3-2(4,5)1(6)7/h6-11,16,20H,4-5,12-15,17H2,1-3H3,(H,29,34);(H,6,7)/t20-;/m1./s1. The monoisotopic (exact) mass is 595 g/mol. The predicted octanol–water partition coefficient (Wildman–Crippen LogP) is 4.30. The molecule has 1 amide bonds. The minimum atomic E-state index is -5.08. The fraction of sp³-hybridized carbons (Fsp3) is 0.464. The molecule has 1 fully saturated rings. The highest BCUT2D eigenvalue weighted by atomic mass is 35.5. The van der Waals surface area contributed by atoms with Crippen molar-refractivity contribution in [3.05, 3.63) is 69.4 Å². The molecule has 3 aromatic rings. The van der Waals surface area contributed by atoms with E-state index in [4.69, 9.17) is 26.6 Å². The Hall–Kier alpha value is -3.51. The second-order valence-electron chi connectivity index (χ2n) is 10.8. The molecular weight excluding hydrogens is 563 g/mol. The summed E-state index contributed by atoms with van der Waals surface area (Å²) in [5.74, 6) is -2.70. The third kappa shape index (κ3) is 8.99. The lowest BCUT2D eigenvalue weighted by Crippen LogP contribution is -2.43. The number of carbonyl (C=O) groups excluding carboxylic acids is 1. The maximum Gasteiger partial charge on any atom is 0.490 e. The van der Waals surface area contributed by atoms with Gasteiger partial charge in [0.1, 0.15) is 0 Å². The lowest BCUT2D eigenvalue weighted by molar-refractivity contribution is -0.192. The number of likely N-dealkylation sites (tertiary alicyclic amines) is 1. The van der Waals surface area contributed by atoms with Crippen LogP contribution in [0.15, 0.2) is 47.5 Å². The topological polar surface area (TPSA) is 117 Å². The highest BCUT2D eigenvalue weighted by Crippen LogP contribution is 2.21. The smallest absolute Gasteiger partial charge is 0.475 e. The minimum absolute atomic E-state index is 0.0520. The van der Waals surface area contributed by atoms with Gasteiger partial charge < -0.3 is 10.4 Å². The maximum absolute atomic E-state index is 13.3. The SMILES string of the molecule is CC(C)(C)C(=O)NCCN1CCC[C@@H]1Cn1nc(Cc2ccc(Cl)cc2)c2cnccc2c1=O.O=C(O)C(F)(F)F. The molecule has 1 atom stereocenters. The molecule has 0 aliphatic carbocycles. The molecule has 3 heterocycles. The second kappa shape index (κ2) is 13.4. The highest BCUT2D eigenvalue weighted by molar-refractivity contribution is 6.30. The van der Waals surface area contributed by atoms with Crippen LogP contribution < -0.4 is 10.9 Å². The van der Waals surface area contributed by atoms with E-state index in [9.17, 15) is 22.8 Å². The molecule has 0 unspecified atom stereocenters. The molecule has 222 valence electrons. The molecule has 1 aliphatic rings. The van der Waals surface area contributed by atoms with Crippen molar-refractivity contribution in [1.29, 1.82) is 0 Å². The van der Waals surface area contributed by atoms with Crippen LogP contribution in [0.4, 0.5) is 13.2 Å². The molecule has 2 aromatic heterocycles. The molecule has 2 N–H and O–H groups in total. The van der Waals surface area contributed by atoms with Crippen LogP contribution in [-0.2, 0) is 22.6 Å². The zero-order valence-electron chi connectivity index (χ0n) is 23.0. The van der Waals surface area contributed by atoms with Crippen LogP contribution in [0.25, 0.3) is 10.8 Å². The molecule has 0 radical (unpaired) electrons. The molecule has 0 saturated carbocycles. The molecule has 0 bridgehead atoms. The number of nitrogens with zero attached hydrogens (tertiary/aromatic N) is 4. The van der Waals surface area contributed by atoms with Gasteiger partial charge in [-0.2, -0.15) is 18.3 Å². The molecule has 0 spiro atoms.